The van der Waals surface area contributed by atoms with Crippen LogP contribution in [0.1, 0.15) is 41.0 Å². The minimum Gasteiger partial charge on any atom is -0.462 e. The lowest BCUT2D eigenvalue weighted by molar-refractivity contribution is -0.181. The second-order valence-corrected chi connectivity index (χ2v) is 6.23. The molecule has 1 aliphatic heterocycles. The first-order chi connectivity index (χ1) is 7.64. The first kappa shape index (κ1) is 14.5. The average molecular weight is 244 g/mol. The molecule has 5 atom stereocenters. The quantitative estimate of drug-likeness (QED) is 0.719. The van der Waals surface area contributed by atoms with Gasteiger partial charge < -0.3 is 14.9 Å². The van der Waals surface area contributed by atoms with Crippen molar-refractivity contribution in [1.82, 2.24) is 0 Å². The van der Waals surface area contributed by atoms with Gasteiger partial charge in [0.15, 0.2) is 0 Å². The number of carbonyl (C=O) groups excluding carboxylic acids is 1. The van der Waals surface area contributed by atoms with Gasteiger partial charge in [-0.25, -0.2) is 0 Å². The minimum atomic E-state index is -0.687. The van der Waals surface area contributed by atoms with E-state index in [0.717, 1.165) is 0 Å². The molecule has 17 heavy (non-hydrogen) atoms. The van der Waals surface area contributed by atoms with Crippen molar-refractivity contribution in [3.8, 4) is 0 Å². The monoisotopic (exact) mass is 244 g/mol. The standard InChI is InChI=1S/C13H24O4/c1-7-9(6-10(14)13(3,4)5)17-12(16)8(2)11(7)15/h7-11,14-15H,6H2,1-5H3/t7-,8+,9+,10+,11-/m0/s1. The van der Waals surface area contributed by atoms with E-state index in [4.69, 9.17) is 4.74 Å². The van der Waals surface area contributed by atoms with Gasteiger partial charge in [-0.1, -0.05) is 27.7 Å². The largest absolute Gasteiger partial charge is 0.462 e. The van der Waals surface area contributed by atoms with Crippen molar-refractivity contribution in [2.24, 2.45) is 17.3 Å². The van der Waals surface area contributed by atoms with Gasteiger partial charge >= 0.3 is 5.97 Å². The first-order valence-corrected chi connectivity index (χ1v) is 6.21. The van der Waals surface area contributed by atoms with Crippen LogP contribution in [0.3, 0.4) is 0 Å². The molecule has 4 heteroatoms. The second kappa shape index (κ2) is 4.94. The predicted molar refractivity (Wildman–Crippen MR) is 64.3 cm³/mol. The van der Waals surface area contributed by atoms with Crippen LogP contribution in [-0.4, -0.2) is 34.5 Å². The van der Waals surface area contributed by atoms with E-state index < -0.39 is 24.2 Å². The number of rotatable bonds is 2. The number of ether oxygens (including phenoxy) is 1. The Balaban J connectivity index is 2.69. The zero-order valence-electron chi connectivity index (χ0n) is 11.3. The highest BCUT2D eigenvalue weighted by Crippen LogP contribution is 2.32. The molecule has 2 N–H and O–H groups in total. The van der Waals surface area contributed by atoms with Crippen molar-refractivity contribution in [3.05, 3.63) is 0 Å². The van der Waals surface area contributed by atoms with Crippen molar-refractivity contribution in [2.75, 3.05) is 0 Å². The van der Waals surface area contributed by atoms with E-state index in [1.54, 1.807) is 6.92 Å². The molecule has 0 unspecified atom stereocenters. The SMILES string of the molecule is C[C@@H]1[C@H](O)[C@@H](C)C(=O)O[C@@H]1C[C@@H](O)C(C)(C)C. The van der Waals surface area contributed by atoms with E-state index in [9.17, 15) is 15.0 Å². The van der Waals surface area contributed by atoms with Gasteiger partial charge in [0, 0.05) is 12.3 Å². The number of cyclic esters (lactones) is 1. The maximum absolute atomic E-state index is 11.5. The van der Waals surface area contributed by atoms with Gasteiger partial charge in [-0.15, -0.1) is 0 Å². The molecule has 0 amide bonds. The van der Waals surface area contributed by atoms with Gasteiger partial charge in [-0.2, -0.15) is 0 Å². The molecular formula is C13H24O4. The Hall–Kier alpha value is -0.610. The van der Waals surface area contributed by atoms with E-state index in [-0.39, 0.29) is 17.3 Å². The maximum atomic E-state index is 11.5. The summed E-state index contributed by atoms with van der Waals surface area (Å²) in [5.74, 6) is -0.991. The number of hydrogen-bond acceptors (Lipinski definition) is 4. The zero-order chi connectivity index (χ0) is 13.4. The maximum Gasteiger partial charge on any atom is 0.311 e. The third-order valence-corrected chi connectivity index (χ3v) is 3.73. The van der Waals surface area contributed by atoms with Crippen molar-refractivity contribution >= 4 is 5.97 Å². The molecule has 0 aromatic carbocycles. The summed E-state index contributed by atoms with van der Waals surface area (Å²) in [4.78, 5) is 11.5. The molecule has 1 aliphatic rings. The molecular weight excluding hydrogens is 220 g/mol. The topological polar surface area (TPSA) is 66.8 Å². The van der Waals surface area contributed by atoms with Crippen molar-refractivity contribution < 1.29 is 19.7 Å². The van der Waals surface area contributed by atoms with Crippen LogP contribution in [0.25, 0.3) is 0 Å². The summed E-state index contributed by atoms with van der Waals surface area (Å²) in [6, 6.07) is 0. The fraction of sp³-hybridized carbons (Fsp3) is 0.923. The fourth-order valence-corrected chi connectivity index (χ4v) is 2.01. The molecule has 4 nitrogen and oxygen atoms in total. The van der Waals surface area contributed by atoms with Crippen molar-refractivity contribution in [2.45, 2.75) is 59.4 Å². The number of hydrogen-bond donors (Lipinski definition) is 2. The van der Waals surface area contributed by atoms with Gasteiger partial charge in [0.2, 0.25) is 0 Å². The lowest BCUT2D eigenvalue weighted by Crippen LogP contribution is -2.48. The second-order valence-electron chi connectivity index (χ2n) is 6.23. The summed E-state index contributed by atoms with van der Waals surface area (Å²) >= 11 is 0. The van der Waals surface area contributed by atoms with Crippen LogP contribution in [-0.2, 0) is 9.53 Å². The van der Waals surface area contributed by atoms with Gasteiger partial charge in [0.05, 0.1) is 18.1 Å². The molecule has 0 saturated carbocycles. The van der Waals surface area contributed by atoms with Gasteiger partial charge in [0.1, 0.15) is 6.10 Å². The summed E-state index contributed by atoms with van der Waals surface area (Å²) in [6.07, 6.45) is -1.26. The van der Waals surface area contributed by atoms with Crippen molar-refractivity contribution in [3.63, 3.8) is 0 Å². The zero-order valence-corrected chi connectivity index (χ0v) is 11.3. The van der Waals surface area contributed by atoms with Crippen LogP contribution in [0.4, 0.5) is 0 Å². The Morgan fingerprint density at radius 1 is 1.35 bits per heavy atom. The Morgan fingerprint density at radius 3 is 2.35 bits per heavy atom. The molecule has 0 spiro atoms. The molecule has 1 heterocycles. The van der Waals surface area contributed by atoms with Crippen molar-refractivity contribution in [1.29, 1.82) is 0 Å². The number of aliphatic hydroxyl groups is 2. The van der Waals surface area contributed by atoms with Gasteiger partial charge in [0.25, 0.3) is 0 Å². The van der Waals surface area contributed by atoms with Crippen LogP contribution in [0.5, 0.6) is 0 Å². The van der Waals surface area contributed by atoms with Crippen LogP contribution >= 0.6 is 0 Å². The molecule has 1 rings (SSSR count). The summed E-state index contributed by atoms with van der Waals surface area (Å²) in [7, 11) is 0. The molecule has 0 radical (unpaired) electrons. The Kier molecular flexibility index (Phi) is 4.20. The van der Waals surface area contributed by atoms with Crippen LogP contribution < -0.4 is 0 Å². The summed E-state index contributed by atoms with van der Waals surface area (Å²) in [5.41, 5.74) is -0.250. The van der Waals surface area contributed by atoms with E-state index >= 15 is 0 Å². The van der Waals surface area contributed by atoms with E-state index in [0.29, 0.717) is 6.42 Å². The van der Waals surface area contributed by atoms with Gasteiger partial charge in [-0.3, -0.25) is 4.79 Å². The number of carbonyl (C=O) groups is 1. The molecule has 0 aromatic rings. The smallest absolute Gasteiger partial charge is 0.311 e. The molecule has 0 bridgehead atoms. The Bertz CT molecular complexity index is 282. The van der Waals surface area contributed by atoms with Crippen LogP contribution in [0.15, 0.2) is 0 Å². The Morgan fingerprint density at radius 2 is 1.88 bits per heavy atom. The predicted octanol–water partition coefficient (Wildman–Crippen LogP) is 1.34. The van der Waals surface area contributed by atoms with Crippen LogP contribution in [0, 0.1) is 17.3 Å². The van der Waals surface area contributed by atoms with E-state index in [1.807, 2.05) is 27.7 Å². The third kappa shape index (κ3) is 3.19. The molecule has 0 aliphatic carbocycles. The minimum absolute atomic E-state index is 0.139. The molecule has 100 valence electrons. The third-order valence-electron chi connectivity index (χ3n) is 3.73. The van der Waals surface area contributed by atoms with E-state index in [1.165, 1.54) is 0 Å². The highest BCUT2D eigenvalue weighted by Gasteiger charge is 2.42. The first-order valence-electron chi connectivity index (χ1n) is 6.21. The van der Waals surface area contributed by atoms with Gasteiger partial charge in [-0.05, 0) is 12.3 Å². The summed E-state index contributed by atoms with van der Waals surface area (Å²) < 4.78 is 5.29. The number of aliphatic hydroxyl groups excluding tert-OH is 2. The lowest BCUT2D eigenvalue weighted by Gasteiger charge is -2.39. The Labute approximate surface area is 103 Å². The van der Waals surface area contributed by atoms with E-state index in [2.05, 4.69) is 0 Å². The number of esters is 1. The fourth-order valence-electron chi connectivity index (χ4n) is 2.01. The summed E-state index contributed by atoms with van der Waals surface area (Å²) in [5, 5.41) is 19.9. The molecule has 1 fully saturated rings. The highest BCUT2D eigenvalue weighted by atomic mass is 16.5. The molecule has 0 aromatic heterocycles. The molecule has 1 saturated heterocycles. The average Bonchev–Trinajstić information content (AvgIpc) is 2.21. The lowest BCUT2D eigenvalue weighted by atomic mass is 9.79. The normalized spacial score (nSPS) is 36.5. The summed E-state index contributed by atoms with van der Waals surface area (Å²) in [6.45, 7) is 9.33. The highest BCUT2D eigenvalue weighted by molar-refractivity contribution is 5.73. The van der Waals surface area contributed by atoms with Crippen LogP contribution in [0.2, 0.25) is 0 Å².